The maximum atomic E-state index is 11.3. The predicted molar refractivity (Wildman–Crippen MR) is 67.6 cm³/mol. The third kappa shape index (κ3) is 2.84. The molecule has 2 N–H and O–H groups in total. The Hall–Kier alpha value is -0.840. The van der Waals surface area contributed by atoms with Gasteiger partial charge >= 0.3 is 0 Å². The van der Waals surface area contributed by atoms with Crippen LogP contribution in [-0.2, 0) is 0 Å². The first kappa shape index (κ1) is 11.6. The fourth-order valence-electron chi connectivity index (χ4n) is 2.20. The molecule has 0 aromatic carbocycles. The van der Waals surface area contributed by atoms with E-state index in [1.165, 1.54) is 38.4 Å². The van der Waals surface area contributed by atoms with Gasteiger partial charge in [0.15, 0.2) is 0 Å². The van der Waals surface area contributed by atoms with Gasteiger partial charge in [-0.25, -0.2) is 4.98 Å². The van der Waals surface area contributed by atoms with Crippen LogP contribution in [0.4, 0.5) is 5.82 Å². The number of aromatic nitrogens is 2. The molecule has 1 aromatic heterocycles. The molecule has 1 saturated carbocycles. The van der Waals surface area contributed by atoms with Crippen molar-refractivity contribution in [3.05, 3.63) is 21.2 Å². The number of aromatic amines is 1. The van der Waals surface area contributed by atoms with Crippen LogP contribution >= 0.6 is 15.9 Å². The van der Waals surface area contributed by atoms with Crippen molar-refractivity contribution < 1.29 is 0 Å². The molecule has 1 heterocycles. The topological polar surface area (TPSA) is 57.8 Å². The van der Waals surface area contributed by atoms with Crippen molar-refractivity contribution >= 4 is 21.7 Å². The summed E-state index contributed by atoms with van der Waals surface area (Å²) >= 11 is 3.23. The third-order valence-corrected chi connectivity index (χ3v) is 3.85. The Bertz CT molecular complexity index is 398. The number of H-pyrrole nitrogens is 1. The standard InChI is InChI=1S/C11H16BrN3O/c12-9-10(14-7-15-11(9)16)13-6-5-8-3-1-2-4-8/h7-8H,1-6H2,(H2,13,14,15,16). The first-order valence-electron chi connectivity index (χ1n) is 5.74. The molecule has 2 rings (SSSR count). The number of anilines is 1. The molecule has 0 unspecified atom stereocenters. The normalized spacial score (nSPS) is 16.6. The van der Waals surface area contributed by atoms with E-state index in [2.05, 4.69) is 31.2 Å². The van der Waals surface area contributed by atoms with Gasteiger partial charge in [0.2, 0.25) is 0 Å². The zero-order valence-electron chi connectivity index (χ0n) is 9.13. The van der Waals surface area contributed by atoms with Crippen molar-refractivity contribution in [2.45, 2.75) is 32.1 Å². The average molecular weight is 286 g/mol. The minimum absolute atomic E-state index is 0.140. The Balaban J connectivity index is 1.84. The van der Waals surface area contributed by atoms with Gasteiger partial charge < -0.3 is 10.3 Å². The van der Waals surface area contributed by atoms with Crippen LogP contribution in [0, 0.1) is 5.92 Å². The summed E-state index contributed by atoms with van der Waals surface area (Å²) in [5, 5.41) is 3.20. The first-order valence-corrected chi connectivity index (χ1v) is 6.53. The number of rotatable bonds is 4. The van der Waals surface area contributed by atoms with Gasteiger partial charge in [-0.15, -0.1) is 0 Å². The van der Waals surface area contributed by atoms with Crippen molar-refractivity contribution in [1.82, 2.24) is 9.97 Å². The summed E-state index contributed by atoms with van der Waals surface area (Å²) in [5.74, 6) is 1.50. The number of hydrogen-bond acceptors (Lipinski definition) is 3. The monoisotopic (exact) mass is 285 g/mol. The van der Waals surface area contributed by atoms with Gasteiger partial charge in [0, 0.05) is 6.54 Å². The maximum absolute atomic E-state index is 11.3. The van der Waals surface area contributed by atoms with E-state index >= 15 is 0 Å². The Morgan fingerprint density at radius 2 is 2.25 bits per heavy atom. The van der Waals surface area contributed by atoms with Crippen molar-refractivity contribution in [2.75, 3.05) is 11.9 Å². The Morgan fingerprint density at radius 1 is 1.50 bits per heavy atom. The molecule has 0 radical (unpaired) electrons. The minimum atomic E-state index is -0.140. The van der Waals surface area contributed by atoms with Crippen LogP contribution in [0.25, 0.3) is 0 Å². The van der Waals surface area contributed by atoms with E-state index in [-0.39, 0.29) is 5.56 Å². The van der Waals surface area contributed by atoms with Gasteiger partial charge in [-0.05, 0) is 28.3 Å². The van der Waals surface area contributed by atoms with Gasteiger partial charge in [-0.1, -0.05) is 25.7 Å². The first-order chi connectivity index (χ1) is 7.77. The molecule has 1 aliphatic rings. The molecule has 1 aromatic rings. The number of halogens is 1. The predicted octanol–water partition coefficient (Wildman–Crippen LogP) is 2.52. The second-order valence-electron chi connectivity index (χ2n) is 4.26. The molecular formula is C11H16BrN3O. The van der Waals surface area contributed by atoms with Crippen LogP contribution in [0.2, 0.25) is 0 Å². The average Bonchev–Trinajstić information content (AvgIpc) is 2.77. The Kier molecular flexibility index (Phi) is 3.98. The quantitative estimate of drug-likeness (QED) is 0.894. The zero-order valence-corrected chi connectivity index (χ0v) is 10.7. The highest BCUT2D eigenvalue weighted by Gasteiger charge is 2.14. The Morgan fingerprint density at radius 3 is 3.00 bits per heavy atom. The lowest BCUT2D eigenvalue weighted by molar-refractivity contribution is 0.518. The highest BCUT2D eigenvalue weighted by Crippen LogP contribution is 2.27. The van der Waals surface area contributed by atoms with Crippen molar-refractivity contribution in [3.63, 3.8) is 0 Å². The molecule has 16 heavy (non-hydrogen) atoms. The van der Waals surface area contributed by atoms with Crippen LogP contribution in [0.1, 0.15) is 32.1 Å². The van der Waals surface area contributed by atoms with E-state index in [0.717, 1.165) is 12.5 Å². The molecule has 5 heteroatoms. The summed E-state index contributed by atoms with van der Waals surface area (Å²) in [7, 11) is 0. The zero-order chi connectivity index (χ0) is 11.4. The smallest absolute Gasteiger partial charge is 0.267 e. The van der Waals surface area contributed by atoms with Crippen LogP contribution in [0.15, 0.2) is 15.6 Å². The fraction of sp³-hybridized carbons (Fsp3) is 0.636. The van der Waals surface area contributed by atoms with Crippen LogP contribution in [0.5, 0.6) is 0 Å². The molecule has 0 saturated heterocycles. The summed E-state index contributed by atoms with van der Waals surface area (Å²) in [6, 6.07) is 0. The van der Waals surface area contributed by atoms with Crippen molar-refractivity contribution in [1.29, 1.82) is 0 Å². The lowest BCUT2D eigenvalue weighted by Crippen LogP contribution is -2.14. The SMILES string of the molecule is O=c1[nH]cnc(NCCC2CCCC2)c1Br. The lowest BCUT2D eigenvalue weighted by atomic mass is 10.0. The van der Waals surface area contributed by atoms with Gasteiger partial charge in [0.05, 0.1) is 6.33 Å². The summed E-state index contributed by atoms with van der Waals surface area (Å²) < 4.78 is 0.487. The van der Waals surface area contributed by atoms with Crippen LogP contribution < -0.4 is 10.9 Å². The second-order valence-corrected chi connectivity index (χ2v) is 5.05. The third-order valence-electron chi connectivity index (χ3n) is 3.12. The molecule has 0 bridgehead atoms. The van der Waals surface area contributed by atoms with Gasteiger partial charge in [-0.2, -0.15) is 0 Å². The molecule has 0 aliphatic heterocycles. The van der Waals surface area contributed by atoms with Crippen molar-refractivity contribution in [2.24, 2.45) is 5.92 Å². The number of nitrogens with zero attached hydrogens (tertiary/aromatic N) is 1. The maximum Gasteiger partial charge on any atom is 0.267 e. The van der Waals surface area contributed by atoms with E-state index in [1.54, 1.807) is 0 Å². The molecule has 1 aliphatic carbocycles. The lowest BCUT2D eigenvalue weighted by Gasteiger charge is -2.10. The molecule has 0 spiro atoms. The molecule has 1 fully saturated rings. The van der Waals surface area contributed by atoms with E-state index in [0.29, 0.717) is 10.3 Å². The summed E-state index contributed by atoms with van der Waals surface area (Å²) in [5.41, 5.74) is -0.140. The van der Waals surface area contributed by atoms with Gasteiger partial charge in [-0.3, -0.25) is 4.79 Å². The molecule has 88 valence electrons. The molecular weight excluding hydrogens is 270 g/mol. The summed E-state index contributed by atoms with van der Waals surface area (Å²) in [4.78, 5) is 17.9. The highest BCUT2D eigenvalue weighted by molar-refractivity contribution is 9.10. The minimum Gasteiger partial charge on any atom is -0.369 e. The fourth-order valence-corrected chi connectivity index (χ4v) is 2.56. The van der Waals surface area contributed by atoms with E-state index in [4.69, 9.17) is 0 Å². The van der Waals surface area contributed by atoms with Crippen LogP contribution in [-0.4, -0.2) is 16.5 Å². The second kappa shape index (κ2) is 5.48. The van der Waals surface area contributed by atoms with E-state index in [9.17, 15) is 4.79 Å². The van der Waals surface area contributed by atoms with Crippen molar-refractivity contribution in [3.8, 4) is 0 Å². The molecule has 0 atom stereocenters. The number of hydrogen-bond donors (Lipinski definition) is 2. The summed E-state index contributed by atoms with van der Waals surface area (Å²) in [6.07, 6.45) is 8.04. The van der Waals surface area contributed by atoms with Crippen LogP contribution in [0.3, 0.4) is 0 Å². The molecule has 4 nitrogen and oxygen atoms in total. The van der Waals surface area contributed by atoms with E-state index in [1.807, 2.05) is 0 Å². The highest BCUT2D eigenvalue weighted by atomic mass is 79.9. The molecule has 0 amide bonds. The largest absolute Gasteiger partial charge is 0.369 e. The number of nitrogens with one attached hydrogen (secondary N) is 2. The van der Waals surface area contributed by atoms with Gasteiger partial charge in [0.1, 0.15) is 10.3 Å². The van der Waals surface area contributed by atoms with Gasteiger partial charge in [0.25, 0.3) is 5.56 Å². The van der Waals surface area contributed by atoms with E-state index < -0.39 is 0 Å². The summed E-state index contributed by atoms with van der Waals surface area (Å²) in [6.45, 7) is 0.889. The Labute approximate surface area is 103 Å².